The standard InChI is InChI=1S/C29H26N6OS/c1-2-5-28(36)32-20-12-19(15-31-16-20)18-9-10-30-17-26-23(13-18)29(35-34-26)25-14-22-21(27-8-4-11-37-27)6-3-7-24(22)33-25/h3-4,6-9,11-17,30,33-34H,2,5,10H2,1H3,(H,32,36). The highest BCUT2D eigenvalue weighted by Crippen LogP contribution is 2.33. The topological polar surface area (TPSA) is 98.5 Å². The normalized spacial score (nSPS) is 12.9. The Kier molecular flexibility index (Phi) is 6.16. The number of nitrogens with zero attached hydrogens (tertiary/aromatic N) is 2. The van der Waals surface area contributed by atoms with Crippen molar-refractivity contribution in [3.8, 4) is 21.8 Å². The molecule has 0 bridgehead atoms. The van der Waals surface area contributed by atoms with Crippen molar-refractivity contribution in [3.05, 3.63) is 82.4 Å². The van der Waals surface area contributed by atoms with E-state index in [1.54, 1.807) is 17.5 Å². The van der Waals surface area contributed by atoms with Crippen LogP contribution in [0.1, 0.15) is 25.3 Å². The fourth-order valence-corrected chi connectivity index (χ4v) is 5.38. The van der Waals surface area contributed by atoms with Gasteiger partial charge in [-0.15, -0.1) is 11.3 Å². The van der Waals surface area contributed by atoms with Gasteiger partial charge in [-0.1, -0.05) is 31.2 Å². The number of carbonyl (C=O) groups is 1. The van der Waals surface area contributed by atoms with Crippen LogP contribution < -0.4 is 21.2 Å². The Morgan fingerprint density at radius 1 is 1.16 bits per heavy atom. The first-order chi connectivity index (χ1) is 18.2. The van der Waals surface area contributed by atoms with E-state index in [9.17, 15) is 4.79 Å². The van der Waals surface area contributed by atoms with Crippen LogP contribution in [0, 0.1) is 0 Å². The van der Waals surface area contributed by atoms with Crippen LogP contribution in [-0.4, -0.2) is 32.6 Å². The number of anilines is 1. The number of aromatic amines is 2. The number of H-pyrrole nitrogens is 2. The number of pyridine rings is 1. The minimum Gasteiger partial charge on any atom is -0.386 e. The predicted molar refractivity (Wildman–Crippen MR) is 151 cm³/mol. The molecule has 0 fully saturated rings. The molecule has 8 heteroatoms. The number of hydrogen-bond acceptors (Lipinski definition) is 5. The van der Waals surface area contributed by atoms with E-state index in [4.69, 9.17) is 0 Å². The van der Waals surface area contributed by atoms with Gasteiger partial charge in [-0.3, -0.25) is 14.9 Å². The third-order valence-electron chi connectivity index (χ3n) is 6.36. The summed E-state index contributed by atoms with van der Waals surface area (Å²) in [5.74, 6) is -0.00604. The molecular weight excluding hydrogens is 480 g/mol. The SMILES string of the molecule is CCCC(=O)Nc1cncc(C2=CCNC=c3[nH]nc(-c4cc5c(-c6cccs6)cccc5[nH]4)c3=C2)c1. The predicted octanol–water partition coefficient (Wildman–Crippen LogP) is 4.63. The van der Waals surface area contributed by atoms with Crippen LogP contribution in [-0.2, 0) is 4.79 Å². The van der Waals surface area contributed by atoms with Crippen LogP contribution in [0.3, 0.4) is 0 Å². The van der Waals surface area contributed by atoms with Crippen molar-refractivity contribution < 1.29 is 4.79 Å². The Morgan fingerprint density at radius 2 is 2.11 bits per heavy atom. The van der Waals surface area contributed by atoms with Crippen LogP contribution in [0.25, 0.3) is 50.6 Å². The number of hydrogen-bond donors (Lipinski definition) is 4. The summed E-state index contributed by atoms with van der Waals surface area (Å²) in [6, 6.07) is 14.7. The molecular formula is C29H26N6OS. The fourth-order valence-electron chi connectivity index (χ4n) is 4.62. The van der Waals surface area contributed by atoms with Crippen LogP contribution in [0.5, 0.6) is 0 Å². The van der Waals surface area contributed by atoms with Gasteiger partial charge in [0.05, 0.1) is 22.9 Å². The molecule has 5 aromatic rings. The zero-order chi connectivity index (χ0) is 25.2. The number of thiophene rings is 1. The van der Waals surface area contributed by atoms with Crippen molar-refractivity contribution in [3.63, 3.8) is 0 Å². The van der Waals surface area contributed by atoms with Crippen LogP contribution in [0.2, 0.25) is 0 Å². The average Bonchev–Trinajstić information content (AvgIpc) is 3.64. The molecule has 0 saturated carbocycles. The summed E-state index contributed by atoms with van der Waals surface area (Å²) in [7, 11) is 0. The highest BCUT2D eigenvalue weighted by molar-refractivity contribution is 7.13. The maximum absolute atomic E-state index is 12.1. The van der Waals surface area contributed by atoms with Crippen molar-refractivity contribution in [1.82, 2.24) is 25.5 Å². The molecule has 0 atom stereocenters. The van der Waals surface area contributed by atoms with Crippen LogP contribution in [0.15, 0.2) is 66.3 Å². The molecule has 1 amide bonds. The maximum Gasteiger partial charge on any atom is 0.224 e. The lowest BCUT2D eigenvalue weighted by atomic mass is 10.0. The lowest BCUT2D eigenvalue weighted by Gasteiger charge is -2.09. The first-order valence-electron chi connectivity index (χ1n) is 12.3. The van der Waals surface area contributed by atoms with E-state index in [2.05, 4.69) is 84.7 Å². The lowest BCUT2D eigenvalue weighted by molar-refractivity contribution is -0.116. The number of nitrogens with one attached hydrogen (secondary N) is 4. The molecule has 0 unspecified atom stereocenters. The first kappa shape index (κ1) is 23.0. The minimum atomic E-state index is -0.00604. The van der Waals surface area contributed by atoms with Crippen molar-refractivity contribution in [1.29, 1.82) is 0 Å². The zero-order valence-corrected chi connectivity index (χ0v) is 21.2. The number of carbonyl (C=O) groups excluding carboxylic acids is 1. The lowest BCUT2D eigenvalue weighted by Crippen LogP contribution is -2.28. The van der Waals surface area contributed by atoms with Gasteiger partial charge in [-0.05, 0) is 47.7 Å². The Morgan fingerprint density at radius 3 is 2.97 bits per heavy atom. The number of fused-ring (bicyclic) bond motifs is 2. The summed E-state index contributed by atoms with van der Waals surface area (Å²) in [4.78, 5) is 21.3. The van der Waals surface area contributed by atoms with Gasteiger partial charge in [-0.25, -0.2) is 0 Å². The molecule has 1 aromatic carbocycles. The van der Waals surface area contributed by atoms with Crippen molar-refractivity contribution in [2.24, 2.45) is 0 Å². The number of rotatable bonds is 6. The maximum atomic E-state index is 12.1. The molecule has 0 radical (unpaired) electrons. The summed E-state index contributed by atoms with van der Waals surface area (Å²) in [5.41, 5.74) is 6.68. The Balaban J connectivity index is 1.44. The smallest absolute Gasteiger partial charge is 0.224 e. The summed E-state index contributed by atoms with van der Waals surface area (Å²) in [5, 5.41) is 19.3. The number of aromatic nitrogens is 4. The second kappa shape index (κ2) is 9.91. The zero-order valence-electron chi connectivity index (χ0n) is 20.3. The Bertz CT molecular complexity index is 1740. The van der Waals surface area contributed by atoms with Gasteiger partial charge in [0.25, 0.3) is 0 Å². The summed E-state index contributed by atoms with van der Waals surface area (Å²) in [6.45, 7) is 2.64. The third kappa shape index (κ3) is 4.59. The van der Waals surface area contributed by atoms with E-state index in [-0.39, 0.29) is 5.91 Å². The molecule has 184 valence electrons. The van der Waals surface area contributed by atoms with Gasteiger partial charge >= 0.3 is 0 Å². The van der Waals surface area contributed by atoms with Gasteiger partial charge < -0.3 is 15.6 Å². The molecule has 6 rings (SSSR count). The quantitative estimate of drug-likeness (QED) is 0.270. The molecule has 5 heterocycles. The van der Waals surface area contributed by atoms with Gasteiger partial charge in [-0.2, -0.15) is 5.10 Å². The second-order valence-corrected chi connectivity index (χ2v) is 9.89. The van der Waals surface area contributed by atoms with Crippen LogP contribution >= 0.6 is 11.3 Å². The fraction of sp³-hybridized carbons (Fsp3) is 0.138. The van der Waals surface area contributed by atoms with Crippen LogP contribution in [0.4, 0.5) is 5.69 Å². The number of benzene rings is 1. The van der Waals surface area contributed by atoms with E-state index in [1.165, 1.54) is 15.8 Å². The molecule has 0 saturated heterocycles. The largest absolute Gasteiger partial charge is 0.386 e. The van der Waals surface area contributed by atoms with Gasteiger partial charge in [0.1, 0.15) is 5.69 Å². The van der Waals surface area contributed by atoms with E-state index in [1.807, 2.05) is 25.4 Å². The van der Waals surface area contributed by atoms with E-state index < -0.39 is 0 Å². The third-order valence-corrected chi connectivity index (χ3v) is 7.26. The van der Waals surface area contributed by atoms with Crippen molar-refractivity contribution in [2.45, 2.75) is 19.8 Å². The first-order valence-corrected chi connectivity index (χ1v) is 13.2. The van der Waals surface area contributed by atoms with Gasteiger partial charge in [0.15, 0.2) is 0 Å². The molecule has 4 aromatic heterocycles. The average molecular weight is 507 g/mol. The van der Waals surface area contributed by atoms with E-state index in [0.29, 0.717) is 18.7 Å². The highest BCUT2D eigenvalue weighted by atomic mass is 32.1. The molecule has 0 aliphatic carbocycles. The van der Waals surface area contributed by atoms with E-state index in [0.717, 1.165) is 45.0 Å². The summed E-state index contributed by atoms with van der Waals surface area (Å²) >= 11 is 1.74. The Hall–Kier alpha value is -4.43. The number of amides is 1. The molecule has 0 spiro atoms. The highest BCUT2D eigenvalue weighted by Gasteiger charge is 2.14. The molecule has 4 N–H and O–H groups in total. The minimum absolute atomic E-state index is 0.00604. The second-order valence-electron chi connectivity index (χ2n) is 8.94. The van der Waals surface area contributed by atoms with Gasteiger partial charge in [0, 0.05) is 57.5 Å². The molecule has 1 aliphatic rings. The molecule has 1 aliphatic heterocycles. The molecule has 7 nitrogen and oxygen atoms in total. The monoisotopic (exact) mass is 506 g/mol. The molecule has 37 heavy (non-hydrogen) atoms. The Labute approximate surface area is 217 Å². The van der Waals surface area contributed by atoms with Gasteiger partial charge in [0.2, 0.25) is 5.91 Å². The summed E-state index contributed by atoms with van der Waals surface area (Å²) < 4.78 is 0. The van der Waals surface area contributed by atoms with Crippen molar-refractivity contribution >= 4 is 51.7 Å². The summed E-state index contributed by atoms with van der Waals surface area (Å²) in [6.07, 6.45) is 11.0. The van der Waals surface area contributed by atoms with Crippen molar-refractivity contribution in [2.75, 3.05) is 11.9 Å². The van der Waals surface area contributed by atoms with E-state index >= 15 is 0 Å². The number of allylic oxidation sites excluding steroid dienone is 1.